The third kappa shape index (κ3) is 7.10. The minimum Gasteiger partial charge on any atom is -0.306 e. The summed E-state index contributed by atoms with van der Waals surface area (Å²) >= 11 is 0. The van der Waals surface area contributed by atoms with Crippen LogP contribution in [0.2, 0.25) is 0 Å². The molecule has 0 aliphatic heterocycles. The van der Waals surface area contributed by atoms with E-state index < -0.39 is 0 Å². The fourth-order valence-corrected chi connectivity index (χ4v) is 2.90. The fraction of sp³-hybridized carbons (Fsp3) is 0.684. The number of nitrogens with one attached hydrogen (secondary N) is 1. The summed E-state index contributed by atoms with van der Waals surface area (Å²) in [7, 11) is 0. The van der Waals surface area contributed by atoms with Gasteiger partial charge in [-0.1, -0.05) is 70.4 Å². The molecule has 2 atom stereocenters. The van der Waals surface area contributed by atoms with E-state index in [1.54, 1.807) is 0 Å². The Bertz CT molecular complexity index is 346. The van der Waals surface area contributed by atoms with Crippen molar-refractivity contribution in [3.8, 4) is 0 Å². The van der Waals surface area contributed by atoms with Crippen LogP contribution in [0.3, 0.4) is 0 Å². The molecule has 0 radical (unpaired) electrons. The Hall–Kier alpha value is -0.860. The van der Waals surface area contributed by atoms with Crippen molar-refractivity contribution in [3.63, 3.8) is 0 Å². The molecule has 0 saturated heterocycles. The SMILES string of the molecule is CCCCCC(NC(C)CN(CC)CC)c1ccccc1. The standard InChI is InChI=1S/C19H34N2/c1-5-8-10-15-19(18-13-11-9-12-14-18)20-17(4)16-21(6-2)7-3/h9,11-14,17,19-20H,5-8,10,15-16H2,1-4H3. The van der Waals surface area contributed by atoms with Gasteiger partial charge < -0.3 is 10.2 Å². The summed E-state index contributed by atoms with van der Waals surface area (Å²) in [6.45, 7) is 12.5. The molecule has 0 amide bonds. The monoisotopic (exact) mass is 290 g/mol. The first kappa shape index (κ1) is 18.2. The van der Waals surface area contributed by atoms with Gasteiger partial charge in [0.15, 0.2) is 0 Å². The van der Waals surface area contributed by atoms with Gasteiger partial charge in [-0.3, -0.25) is 0 Å². The Balaban J connectivity index is 2.59. The molecule has 2 nitrogen and oxygen atoms in total. The second-order valence-electron chi connectivity index (χ2n) is 6.01. The lowest BCUT2D eigenvalue weighted by atomic mass is 9.99. The zero-order chi connectivity index (χ0) is 15.5. The van der Waals surface area contributed by atoms with Crippen LogP contribution in [-0.4, -0.2) is 30.6 Å². The Morgan fingerprint density at radius 2 is 1.67 bits per heavy atom. The van der Waals surface area contributed by atoms with E-state index in [1.807, 2.05) is 0 Å². The van der Waals surface area contributed by atoms with Gasteiger partial charge in [0, 0.05) is 18.6 Å². The van der Waals surface area contributed by atoms with Crippen LogP contribution >= 0.6 is 0 Å². The summed E-state index contributed by atoms with van der Waals surface area (Å²) in [5.74, 6) is 0. The van der Waals surface area contributed by atoms with E-state index in [9.17, 15) is 0 Å². The van der Waals surface area contributed by atoms with E-state index in [2.05, 4.69) is 68.2 Å². The Morgan fingerprint density at radius 1 is 1.00 bits per heavy atom. The first-order valence-electron chi connectivity index (χ1n) is 8.74. The molecule has 0 saturated carbocycles. The molecule has 0 bridgehead atoms. The largest absolute Gasteiger partial charge is 0.306 e. The lowest BCUT2D eigenvalue weighted by molar-refractivity contribution is 0.258. The average molecular weight is 290 g/mol. The highest BCUT2D eigenvalue weighted by atomic mass is 15.1. The van der Waals surface area contributed by atoms with Gasteiger partial charge >= 0.3 is 0 Å². The molecule has 0 aromatic heterocycles. The average Bonchev–Trinajstić information content (AvgIpc) is 2.52. The summed E-state index contributed by atoms with van der Waals surface area (Å²) in [4.78, 5) is 2.49. The van der Waals surface area contributed by atoms with Crippen LogP contribution in [0.4, 0.5) is 0 Å². The first-order valence-corrected chi connectivity index (χ1v) is 8.74. The van der Waals surface area contributed by atoms with E-state index in [0.717, 1.165) is 19.6 Å². The van der Waals surface area contributed by atoms with Crippen molar-refractivity contribution in [1.29, 1.82) is 0 Å². The molecule has 1 rings (SSSR count). The minimum absolute atomic E-state index is 0.489. The zero-order valence-corrected chi connectivity index (χ0v) is 14.4. The summed E-state index contributed by atoms with van der Waals surface area (Å²) in [6.07, 6.45) is 5.16. The number of likely N-dealkylation sites (N-methyl/N-ethyl adjacent to an activating group) is 1. The Labute approximate surface area is 131 Å². The van der Waals surface area contributed by atoms with Gasteiger partial charge in [0.25, 0.3) is 0 Å². The van der Waals surface area contributed by atoms with Crippen LogP contribution in [0.1, 0.15) is 65.0 Å². The molecule has 0 aliphatic carbocycles. The molecule has 1 N–H and O–H groups in total. The summed E-state index contributed by atoms with van der Waals surface area (Å²) < 4.78 is 0. The van der Waals surface area contributed by atoms with Crippen molar-refractivity contribution in [2.24, 2.45) is 0 Å². The van der Waals surface area contributed by atoms with Crippen molar-refractivity contribution in [2.45, 2.75) is 65.5 Å². The van der Waals surface area contributed by atoms with Crippen molar-refractivity contribution in [2.75, 3.05) is 19.6 Å². The second kappa shape index (κ2) is 10.8. The number of rotatable bonds is 11. The number of benzene rings is 1. The molecule has 0 aliphatic rings. The van der Waals surface area contributed by atoms with Crippen LogP contribution < -0.4 is 5.32 Å². The highest BCUT2D eigenvalue weighted by molar-refractivity contribution is 5.19. The highest BCUT2D eigenvalue weighted by Gasteiger charge is 2.15. The summed E-state index contributed by atoms with van der Waals surface area (Å²) in [5, 5.41) is 3.85. The maximum absolute atomic E-state index is 3.85. The first-order chi connectivity index (χ1) is 10.2. The highest BCUT2D eigenvalue weighted by Crippen LogP contribution is 2.20. The molecule has 21 heavy (non-hydrogen) atoms. The van der Waals surface area contributed by atoms with Crippen LogP contribution in [0.5, 0.6) is 0 Å². The van der Waals surface area contributed by atoms with Crippen LogP contribution in [0.25, 0.3) is 0 Å². The quantitative estimate of drug-likeness (QED) is 0.598. The zero-order valence-electron chi connectivity index (χ0n) is 14.4. The van der Waals surface area contributed by atoms with Gasteiger partial charge in [0.1, 0.15) is 0 Å². The van der Waals surface area contributed by atoms with Gasteiger partial charge in [-0.15, -0.1) is 0 Å². The maximum atomic E-state index is 3.85. The van der Waals surface area contributed by atoms with Crippen molar-refractivity contribution >= 4 is 0 Å². The maximum Gasteiger partial charge on any atom is 0.0323 e. The lowest BCUT2D eigenvalue weighted by Crippen LogP contribution is -2.40. The third-order valence-electron chi connectivity index (χ3n) is 4.21. The van der Waals surface area contributed by atoms with Gasteiger partial charge in [0.2, 0.25) is 0 Å². The van der Waals surface area contributed by atoms with Crippen molar-refractivity contribution in [1.82, 2.24) is 10.2 Å². The predicted octanol–water partition coefficient (Wildman–Crippen LogP) is 4.63. The summed E-state index contributed by atoms with van der Waals surface area (Å²) in [5.41, 5.74) is 1.43. The van der Waals surface area contributed by atoms with Crippen molar-refractivity contribution in [3.05, 3.63) is 35.9 Å². The number of hydrogen-bond acceptors (Lipinski definition) is 2. The van der Waals surface area contributed by atoms with E-state index in [0.29, 0.717) is 12.1 Å². The Kier molecular flexibility index (Phi) is 9.36. The molecule has 2 heteroatoms. The number of nitrogens with zero attached hydrogens (tertiary/aromatic N) is 1. The molecular weight excluding hydrogens is 256 g/mol. The minimum atomic E-state index is 0.489. The van der Waals surface area contributed by atoms with Crippen LogP contribution in [0, 0.1) is 0 Å². The van der Waals surface area contributed by atoms with Gasteiger partial charge in [0.05, 0.1) is 0 Å². The molecule has 120 valence electrons. The second-order valence-corrected chi connectivity index (χ2v) is 6.01. The van der Waals surface area contributed by atoms with E-state index in [-0.39, 0.29) is 0 Å². The molecule has 0 fully saturated rings. The van der Waals surface area contributed by atoms with Crippen LogP contribution in [0.15, 0.2) is 30.3 Å². The van der Waals surface area contributed by atoms with Crippen LogP contribution in [-0.2, 0) is 0 Å². The molecule has 2 unspecified atom stereocenters. The lowest BCUT2D eigenvalue weighted by Gasteiger charge is -2.28. The van der Waals surface area contributed by atoms with Gasteiger partial charge in [-0.2, -0.15) is 0 Å². The van der Waals surface area contributed by atoms with E-state index in [1.165, 1.54) is 31.2 Å². The molecule has 0 spiro atoms. The van der Waals surface area contributed by atoms with Gasteiger partial charge in [-0.05, 0) is 32.0 Å². The molecular formula is C19H34N2. The third-order valence-corrected chi connectivity index (χ3v) is 4.21. The number of hydrogen-bond donors (Lipinski definition) is 1. The smallest absolute Gasteiger partial charge is 0.0323 e. The molecule has 1 aromatic carbocycles. The van der Waals surface area contributed by atoms with Gasteiger partial charge in [-0.25, -0.2) is 0 Å². The Morgan fingerprint density at radius 3 is 2.24 bits per heavy atom. The molecule has 0 heterocycles. The van der Waals surface area contributed by atoms with E-state index >= 15 is 0 Å². The topological polar surface area (TPSA) is 15.3 Å². The predicted molar refractivity (Wildman–Crippen MR) is 93.7 cm³/mol. The fourth-order valence-electron chi connectivity index (χ4n) is 2.90. The van der Waals surface area contributed by atoms with E-state index in [4.69, 9.17) is 0 Å². The summed E-state index contributed by atoms with van der Waals surface area (Å²) in [6, 6.07) is 11.9. The van der Waals surface area contributed by atoms with Crippen molar-refractivity contribution < 1.29 is 0 Å². The number of unbranched alkanes of at least 4 members (excludes halogenated alkanes) is 2. The molecule has 1 aromatic rings. The normalized spacial score (nSPS) is 14.3.